The molecule has 1 aliphatic rings. The van der Waals surface area contributed by atoms with E-state index in [-0.39, 0.29) is 0 Å². The largest absolute Gasteiger partial charge is 0.382 e. The van der Waals surface area contributed by atoms with Gasteiger partial charge in [0.1, 0.15) is 0 Å². The predicted octanol–water partition coefficient (Wildman–Crippen LogP) is 4.13. The lowest BCUT2D eigenvalue weighted by atomic mass is 10.1. The molecule has 0 bridgehead atoms. The number of anilines is 1. The van der Waals surface area contributed by atoms with Gasteiger partial charge in [-0.3, -0.25) is 4.90 Å². The maximum absolute atomic E-state index is 3.77. The van der Waals surface area contributed by atoms with Gasteiger partial charge in [-0.2, -0.15) is 0 Å². The molecular weight excluding hydrogens is 232 g/mol. The van der Waals surface area contributed by atoms with Gasteiger partial charge in [-0.25, -0.2) is 0 Å². The molecule has 0 radical (unpaired) electrons. The van der Waals surface area contributed by atoms with E-state index in [1.54, 1.807) is 0 Å². The molecular formula is C17H28N2. The first kappa shape index (κ1) is 14.4. The van der Waals surface area contributed by atoms with E-state index in [1.807, 2.05) is 0 Å². The first-order valence-corrected chi connectivity index (χ1v) is 7.79. The summed E-state index contributed by atoms with van der Waals surface area (Å²) in [6, 6.07) is 9.47. The van der Waals surface area contributed by atoms with Crippen LogP contribution in [0.5, 0.6) is 0 Å². The van der Waals surface area contributed by atoms with Gasteiger partial charge in [0.15, 0.2) is 0 Å². The van der Waals surface area contributed by atoms with Crippen LogP contribution in [-0.4, -0.2) is 24.0 Å². The molecule has 2 atom stereocenters. The Morgan fingerprint density at radius 3 is 2.53 bits per heavy atom. The second kappa shape index (κ2) is 6.95. The Hall–Kier alpha value is -1.02. The molecule has 0 saturated heterocycles. The van der Waals surface area contributed by atoms with Crippen molar-refractivity contribution in [1.29, 1.82) is 0 Å². The average molecular weight is 260 g/mol. The molecule has 1 aliphatic carbocycles. The lowest BCUT2D eigenvalue weighted by Gasteiger charge is -2.22. The fourth-order valence-corrected chi connectivity index (χ4v) is 3.05. The van der Waals surface area contributed by atoms with Crippen molar-refractivity contribution in [3.05, 3.63) is 29.8 Å². The minimum absolute atomic E-state index is 0.674. The summed E-state index contributed by atoms with van der Waals surface area (Å²) in [5, 5.41) is 3.77. The lowest BCUT2D eigenvalue weighted by Crippen LogP contribution is -2.24. The van der Waals surface area contributed by atoms with Gasteiger partial charge < -0.3 is 5.32 Å². The highest BCUT2D eigenvalue weighted by molar-refractivity contribution is 5.51. The first-order chi connectivity index (χ1) is 9.22. The highest BCUT2D eigenvalue weighted by Gasteiger charge is 2.21. The Balaban J connectivity index is 2.03. The summed E-state index contributed by atoms with van der Waals surface area (Å²) >= 11 is 0. The van der Waals surface area contributed by atoms with Gasteiger partial charge in [-0.05, 0) is 49.9 Å². The third-order valence-corrected chi connectivity index (χ3v) is 4.36. The maximum Gasteiger partial charge on any atom is 0.0388 e. The molecule has 106 valence electrons. The van der Waals surface area contributed by atoms with Crippen LogP contribution < -0.4 is 5.32 Å². The van der Waals surface area contributed by atoms with Crippen molar-refractivity contribution < 1.29 is 0 Å². The Labute approximate surface area is 118 Å². The summed E-state index contributed by atoms with van der Waals surface area (Å²) in [5.74, 6) is 0.882. The van der Waals surface area contributed by atoms with Crippen LogP contribution in [0, 0.1) is 5.92 Å². The number of nitrogens with zero attached hydrogens (tertiary/aromatic N) is 1. The Bertz CT molecular complexity index is 385. The number of benzene rings is 1. The zero-order chi connectivity index (χ0) is 13.7. The van der Waals surface area contributed by atoms with E-state index in [1.165, 1.54) is 30.5 Å². The van der Waals surface area contributed by atoms with Crippen LogP contribution in [0.2, 0.25) is 0 Å². The van der Waals surface area contributed by atoms with Gasteiger partial charge >= 0.3 is 0 Å². The van der Waals surface area contributed by atoms with Crippen molar-refractivity contribution >= 4 is 5.69 Å². The quantitative estimate of drug-likeness (QED) is 0.827. The van der Waals surface area contributed by atoms with E-state index >= 15 is 0 Å². The fourth-order valence-electron chi connectivity index (χ4n) is 3.05. The first-order valence-electron chi connectivity index (χ1n) is 7.79. The van der Waals surface area contributed by atoms with Crippen molar-refractivity contribution in [2.75, 3.05) is 18.4 Å². The summed E-state index contributed by atoms with van der Waals surface area (Å²) in [6.07, 6.45) is 4.01. The topological polar surface area (TPSA) is 15.3 Å². The van der Waals surface area contributed by atoms with Gasteiger partial charge in [0, 0.05) is 18.3 Å². The molecule has 0 spiro atoms. The van der Waals surface area contributed by atoms with Crippen LogP contribution >= 0.6 is 0 Å². The highest BCUT2D eigenvalue weighted by atomic mass is 15.1. The van der Waals surface area contributed by atoms with Crippen LogP contribution in [0.4, 0.5) is 5.69 Å². The molecule has 0 amide bonds. The SMILES string of the molecule is CCN(CC)Cc1ccccc1NC1CCC(C)C1. The minimum atomic E-state index is 0.674. The molecule has 0 aliphatic heterocycles. The molecule has 2 heteroatoms. The van der Waals surface area contributed by atoms with Crippen molar-refractivity contribution in [1.82, 2.24) is 4.90 Å². The molecule has 0 aromatic heterocycles. The molecule has 2 unspecified atom stereocenters. The number of para-hydroxylation sites is 1. The van der Waals surface area contributed by atoms with Crippen LogP contribution in [0.3, 0.4) is 0 Å². The number of nitrogens with one attached hydrogen (secondary N) is 1. The standard InChI is InChI=1S/C17H28N2/c1-4-19(5-2)13-15-8-6-7-9-17(15)18-16-11-10-14(3)12-16/h6-9,14,16,18H,4-5,10-13H2,1-3H3. The Morgan fingerprint density at radius 1 is 1.16 bits per heavy atom. The summed E-state index contributed by atoms with van der Waals surface area (Å²) in [4.78, 5) is 2.47. The van der Waals surface area contributed by atoms with Crippen molar-refractivity contribution in [2.24, 2.45) is 5.92 Å². The van der Waals surface area contributed by atoms with E-state index < -0.39 is 0 Å². The van der Waals surface area contributed by atoms with E-state index in [9.17, 15) is 0 Å². The summed E-state index contributed by atoms with van der Waals surface area (Å²) in [7, 11) is 0. The zero-order valence-corrected chi connectivity index (χ0v) is 12.7. The lowest BCUT2D eigenvalue weighted by molar-refractivity contribution is 0.296. The van der Waals surface area contributed by atoms with E-state index in [0.717, 1.165) is 25.6 Å². The Morgan fingerprint density at radius 2 is 1.89 bits per heavy atom. The molecule has 1 aromatic rings. The van der Waals surface area contributed by atoms with Crippen LogP contribution in [0.1, 0.15) is 45.6 Å². The number of hydrogen-bond acceptors (Lipinski definition) is 2. The third kappa shape index (κ3) is 3.97. The summed E-state index contributed by atoms with van der Waals surface area (Å²) in [5.41, 5.74) is 2.78. The van der Waals surface area contributed by atoms with Gasteiger partial charge in [0.05, 0.1) is 0 Å². The van der Waals surface area contributed by atoms with Gasteiger partial charge in [-0.15, -0.1) is 0 Å². The smallest absolute Gasteiger partial charge is 0.0388 e. The molecule has 0 heterocycles. The maximum atomic E-state index is 3.77. The number of rotatable bonds is 6. The molecule has 2 rings (SSSR count). The van der Waals surface area contributed by atoms with Gasteiger partial charge in [-0.1, -0.05) is 39.0 Å². The van der Waals surface area contributed by atoms with Crippen molar-refractivity contribution in [3.8, 4) is 0 Å². The van der Waals surface area contributed by atoms with E-state index in [2.05, 4.69) is 55.3 Å². The molecule has 1 aromatic carbocycles. The predicted molar refractivity (Wildman–Crippen MR) is 83.5 cm³/mol. The van der Waals surface area contributed by atoms with E-state index in [0.29, 0.717) is 6.04 Å². The van der Waals surface area contributed by atoms with Crippen molar-refractivity contribution in [2.45, 2.75) is 52.6 Å². The molecule has 1 fully saturated rings. The highest BCUT2D eigenvalue weighted by Crippen LogP contribution is 2.28. The fraction of sp³-hybridized carbons (Fsp3) is 0.647. The van der Waals surface area contributed by atoms with Gasteiger partial charge in [0.2, 0.25) is 0 Å². The van der Waals surface area contributed by atoms with Crippen LogP contribution in [0.25, 0.3) is 0 Å². The molecule has 2 nitrogen and oxygen atoms in total. The summed E-state index contributed by atoms with van der Waals surface area (Å²) in [6.45, 7) is 10.1. The summed E-state index contributed by atoms with van der Waals surface area (Å²) < 4.78 is 0. The normalized spacial score (nSPS) is 22.9. The van der Waals surface area contributed by atoms with E-state index in [4.69, 9.17) is 0 Å². The third-order valence-electron chi connectivity index (χ3n) is 4.36. The molecule has 1 N–H and O–H groups in total. The molecule has 1 saturated carbocycles. The second-order valence-corrected chi connectivity index (χ2v) is 5.88. The number of hydrogen-bond donors (Lipinski definition) is 1. The van der Waals surface area contributed by atoms with Gasteiger partial charge in [0.25, 0.3) is 0 Å². The molecule has 19 heavy (non-hydrogen) atoms. The average Bonchev–Trinajstić information content (AvgIpc) is 2.83. The van der Waals surface area contributed by atoms with Crippen LogP contribution in [-0.2, 0) is 6.54 Å². The minimum Gasteiger partial charge on any atom is -0.382 e. The monoisotopic (exact) mass is 260 g/mol. The second-order valence-electron chi connectivity index (χ2n) is 5.88. The Kier molecular flexibility index (Phi) is 5.26. The zero-order valence-electron chi connectivity index (χ0n) is 12.7. The van der Waals surface area contributed by atoms with Crippen molar-refractivity contribution in [3.63, 3.8) is 0 Å². The van der Waals surface area contributed by atoms with Crippen LogP contribution in [0.15, 0.2) is 24.3 Å².